The minimum atomic E-state index is -0.771. The van der Waals surface area contributed by atoms with E-state index in [-0.39, 0.29) is 11.3 Å². The number of benzene rings is 2. The van der Waals surface area contributed by atoms with Crippen LogP contribution in [-0.2, 0) is 17.9 Å². The van der Waals surface area contributed by atoms with E-state index in [1.807, 2.05) is 69.3 Å². The van der Waals surface area contributed by atoms with Gasteiger partial charge in [0.15, 0.2) is 0 Å². The normalized spacial score (nSPS) is 18.7. The van der Waals surface area contributed by atoms with Crippen LogP contribution >= 0.6 is 15.9 Å². The zero-order valence-corrected chi connectivity index (χ0v) is 20.9. The first-order chi connectivity index (χ1) is 16.2. The molecule has 2 aromatic carbocycles. The Labute approximate surface area is 206 Å². The lowest BCUT2D eigenvalue weighted by Gasteiger charge is -2.12. The number of aryl methyl sites for hydroxylation is 1. The van der Waals surface area contributed by atoms with Gasteiger partial charge in [-0.2, -0.15) is 0 Å². The van der Waals surface area contributed by atoms with E-state index < -0.39 is 11.9 Å². The molecule has 0 aliphatic heterocycles. The second kappa shape index (κ2) is 8.55. The molecule has 0 spiro atoms. The van der Waals surface area contributed by atoms with Crippen molar-refractivity contribution in [3.63, 3.8) is 0 Å². The molecule has 1 fully saturated rings. The second-order valence-electron chi connectivity index (χ2n) is 9.51. The van der Waals surface area contributed by atoms with Gasteiger partial charge in [0.25, 0.3) is 0 Å². The fourth-order valence-corrected chi connectivity index (χ4v) is 5.07. The van der Waals surface area contributed by atoms with Gasteiger partial charge in [0, 0.05) is 28.7 Å². The second-order valence-corrected chi connectivity index (χ2v) is 10.4. The molecule has 7 heteroatoms. The van der Waals surface area contributed by atoms with Crippen molar-refractivity contribution in [3.8, 4) is 5.75 Å². The molecular weight excluding hydrogens is 494 g/mol. The molecule has 1 N–H and O–H groups in total. The standard InChI is InChI=1S/C27H26BrN3O3/c1-16-5-4-6-19(29-16)15-34-20-11-12-21-22(13-20)31(14-17-7-9-18(28)10-8-17)25(30-21)23-24(26(32)33)27(23,2)3/h4-13,23-24H,14-15H2,1-3H3,(H,32,33)/t23-,24+/m1/s1. The van der Waals surface area contributed by atoms with Gasteiger partial charge in [-0.05, 0) is 54.3 Å². The number of imidazole rings is 1. The van der Waals surface area contributed by atoms with Crippen molar-refractivity contribution in [2.75, 3.05) is 0 Å². The molecule has 1 aliphatic rings. The van der Waals surface area contributed by atoms with E-state index in [1.54, 1.807) is 0 Å². The van der Waals surface area contributed by atoms with Crippen molar-refractivity contribution >= 4 is 32.9 Å². The van der Waals surface area contributed by atoms with Gasteiger partial charge in [0.05, 0.1) is 22.6 Å². The summed E-state index contributed by atoms with van der Waals surface area (Å²) in [5.41, 5.74) is 4.35. The summed E-state index contributed by atoms with van der Waals surface area (Å²) in [7, 11) is 0. The number of aromatic nitrogens is 3. The third kappa shape index (κ3) is 4.20. The Hall–Kier alpha value is -3.19. The number of nitrogens with zero attached hydrogens (tertiary/aromatic N) is 3. The van der Waals surface area contributed by atoms with Crippen LogP contribution in [0.1, 0.15) is 42.5 Å². The lowest BCUT2D eigenvalue weighted by Crippen LogP contribution is -2.07. The van der Waals surface area contributed by atoms with Gasteiger partial charge in [0.2, 0.25) is 0 Å². The predicted molar refractivity (Wildman–Crippen MR) is 134 cm³/mol. The van der Waals surface area contributed by atoms with E-state index in [2.05, 4.69) is 37.6 Å². The van der Waals surface area contributed by atoms with Gasteiger partial charge in [-0.1, -0.05) is 48.0 Å². The fourth-order valence-electron chi connectivity index (χ4n) is 4.80. The fraction of sp³-hybridized carbons (Fsp3) is 0.296. The molecule has 1 aliphatic carbocycles. The van der Waals surface area contributed by atoms with Gasteiger partial charge in [-0.3, -0.25) is 9.78 Å². The van der Waals surface area contributed by atoms with Crippen LogP contribution in [0.25, 0.3) is 11.0 Å². The van der Waals surface area contributed by atoms with Gasteiger partial charge < -0.3 is 14.4 Å². The zero-order chi connectivity index (χ0) is 24.0. The van der Waals surface area contributed by atoms with Crippen LogP contribution in [0.15, 0.2) is 65.1 Å². The molecule has 6 nitrogen and oxygen atoms in total. The van der Waals surface area contributed by atoms with Crippen molar-refractivity contribution in [2.24, 2.45) is 11.3 Å². The van der Waals surface area contributed by atoms with Crippen LogP contribution in [0.3, 0.4) is 0 Å². The Bertz CT molecular complexity index is 1380. The molecule has 5 rings (SSSR count). The maximum absolute atomic E-state index is 11.9. The summed E-state index contributed by atoms with van der Waals surface area (Å²) >= 11 is 3.49. The maximum atomic E-state index is 11.9. The number of aliphatic carboxylic acids is 1. The van der Waals surface area contributed by atoms with Crippen molar-refractivity contribution < 1.29 is 14.6 Å². The van der Waals surface area contributed by atoms with E-state index in [0.717, 1.165) is 44.0 Å². The number of ether oxygens (including phenoxy) is 1. The van der Waals surface area contributed by atoms with E-state index in [4.69, 9.17) is 9.72 Å². The van der Waals surface area contributed by atoms with Crippen molar-refractivity contribution in [1.29, 1.82) is 0 Å². The highest BCUT2D eigenvalue weighted by atomic mass is 79.9. The SMILES string of the molecule is Cc1cccc(COc2ccc3nc([C@H]4[C@@H](C(=O)O)C4(C)C)n(Cc4ccc(Br)cc4)c3c2)n1. The number of pyridine rings is 1. The highest BCUT2D eigenvalue weighted by Crippen LogP contribution is 2.64. The van der Waals surface area contributed by atoms with Crippen LogP contribution in [0, 0.1) is 18.3 Å². The molecule has 4 aromatic rings. The number of carboxylic acids is 1. The summed E-state index contributed by atoms with van der Waals surface area (Å²) in [6.07, 6.45) is 0. The number of fused-ring (bicyclic) bond motifs is 1. The number of hydrogen-bond acceptors (Lipinski definition) is 4. The van der Waals surface area contributed by atoms with Gasteiger partial charge >= 0.3 is 5.97 Å². The molecule has 2 atom stereocenters. The molecular formula is C27H26BrN3O3. The van der Waals surface area contributed by atoms with Crippen LogP contribution in [0.5, 0.6) is 5.75 Å². The molecule has 0 bridgehead atoms. The molecule has 2 heterocycles. The Morgan fingerprint density at radius 3 is 2.56 bits per heavy atom. The van der Waals surface area contributed by atoms with E-state index in [1.165, 1.54) is 0 Å². The van der Waals surface area contributed by atoms with Crippen molar-refractivity contribution in [3.05, 3.63) is 87.9 Å². The van der Waals surface area contributed by atoms with E-state index >= 15 is 0 Å². The number of rotatable bonds is 7. The molecule has 1 saturated carbocycles. The largest absolute Gasteiger partial charge is 0.487 e. The Morgan fingerprint density at radius 1 is 1.12 bits per heavy atom. The maximum Gasteiger partial charge on any atom is 0.307 e. The first kappa shape index (κ1) is 22.6. The molecule has 34 heavy (non-hydrogen) atoms. The van der Waals surface area contributed by atoms with Gasteiger partial charge in [-0.25, -0.2) is 4.98 Å². The third-order valence-corrected chi connectivity index (χ3v) is 7.24. The Morgan fingerprint density at radius 2 is 1.88 bits per heavy atom. The summed E-state index contributed by atoms with van der Waals surface area (Å²) in [6.45, 7) is 6.94. The predicted octanol–water partition coefficient (Wildman–Crippen LogP) is 5.95. The van der Waals surface area contributed by atoms with Crippen molar-refractivity contribution in [2.45, 2.75) is 39.8 Å². The number of carboxylic acid groups (broad SMARTS) is 1. The topological polar surface area (TPSA) is 77.2 Å². The van der Waals surface area contributed by atoms with Crippen LogP contribution < -0.4 is 4.74 Å². The van der Waals surface area contributed by atoms with Crippen LogP contribution in [-0.4, -0.2) is 25.6 Å². The first-order valence-corrected chi connectivity index (χ1v) is 12.1. The third-order valence-electron chi connectivity index (χ3n) is 6.71. The van der Waals surface area contributed by atoms with Crippen LogP contribution in [0.2, 0.25) is 0 Å². The van der Waals surface area contributed by atoms with E-state index in [9.17, 15) is 9.90 Å². The average molecular weight is 520 g/mol. The summed E-state index contributed by atoms with van der Waals surface area (Å²) in [6, 6.07) is 19.9. The summed E-state index contributed by atoms with van der Waals surface area (Å²) in [5, 5.41) is 9.78. The molecule has 0 unspecified atom stereocenters. The summed E-state index contributed by atoms with van der Waals surface area (Å²) in [5.74, 6) is 0.175. The average Bonchev–Trinajstić information content (AvgIpc) is 3.21. The lowest BCUT2D eigenvalue weighted by atomic mass is 10.1. The smallest absolute Gasteiger partial charge is 0.307 e. The Kier molecular flexibility index (Phi) is 5.68. The minimum Gasteiger partial charge on any atom is -0.487 e. The summed E-state index contributed by atoms with van der Waals surface area (Å²) < 4.78 is 9.22. The lowest BCUT2D eigenvalue weighted by molar-refractivity contribution is -0.139. The molecule has 2 aromatic heterocycles. The highest BCUT2D eigenvalue weighted by molar-refractivity contribution is 9.10. The monoisotopic (exact) mass is 519 g/mol. The number of hydrogen-bond donors (Lipinski definition) is 1. The van der Waals surface area contributed by atoms with Crippen molar-refractivity contribution in [1.82, 2.24) is 14.5 Å². The minimum absolute atomic E-state index is 0.145. The quantitative estimate of drug-likeness (QED) is 0.326. The molecule has 174 valence electrons. The molecule has 0 saturated heterocycles. The van der Waals surface area contributed by atoms with Crippen LogP contribution in [0.4, 0.5) is 0 Å². The molecule has 0 radical (unpaired) electrons. The Balaban J connectivity index is 1.53. The molecule has 0 amide bonds. The highest BCUT2D eigenvalue weighted by Gasteiger charge is 2.64. The van der Waals surface area contributed by atoms with Gasteiger partial charge in [0.1, 0.15) is 18.2 Å². The van der Waals surface area contributed by atoms with E-state index in [0.29, 0.717) is 13.2 Å². The zero-order valence-electron chi connectivity index (χ0n) is 19.3. The first-order valence-electron chi connectivity index (χ1n) is 11.3. The van der Waals surface area contributed by atoms with Gasteiger partial charge in [-0.15, -0.1) is 0 Å². The number of halogens is 1. The summed E-state index contributed by atoms with van der Waals surface area (Å²) in [4.78, 5) is 21.3. The number of carbonyl (C=O) groups is 1.